The minimum absolute atomic E-state index is 0.439. The summed E-state index contributed by atoms with van der Waals surface area (Å²) in [5.74, 6) is 7.57. The summed E-state index contributed by atoms with van der Waals surface area (Å²) in [4.78, 5) is 11.1. The number of benzene rings is 1. The number of nitrogen functional groups attached to an aromatic ring is 1. The molecule has 0 saturated heterocycles. The summed E-state index contributed by atoms with van der Waals surface area (Å²) in [7, 11) is 0. The van der Waals surface area contributed by atoms with Crippen molar-refractivity contribution in [1.29, 1.82) is 0 Å². The highest BCUT2D eigenvalue weighted by Crippen LogP contribution is 2.26. The largest absolute Gasteiger partial charge is 0.469 e. The molecule has 2 heterocycles. The number of carbonyl (C=O) groups is 1. The highest BCUT2D eigenvalue weighted by atomic mass is 32.2. The predicted octanol–water partition coefficient (Wildman–Crippen LogP) is 1.95. The van der Waals surface area contributed by atoms with Crippen LogP contribution in [0.1, 0.15) is 21.7 Å². The average Bonchev–Trinajstić information content (AvgIpc) is 3.11. The van der Waals surface area contributed by atoms with Gasteiger partial charge in [0.1, 0.15) is 5.76 Å². The first-order valence-corrected chi connectivity index (χ1v) is 7.81. The SMILES string of the molecule is Cc1occc1-c1nnc(SCc2ccc(C(N)=O)cc2)n1N. The van der Waals surface area contributed by atoms with Crippen LogP contribution < -0.4 is 11.6 Å². The molecule has 3 aromatic rings. The first kappa shape index (κ1) is 15.2. The van der Waals surface area contributed by atoms with Gasteiger partial charge in [-0.25, -0.2) is 4.68 Å². The smallest absolute Gasteiger partial charge is 0.248 e. The van der Waals surface area contributed by atoms with E-state index in [0.29, 0.717) is 22.3 Å². The molecule has 8 heteroatoms. The third kappa shape index (κ3) is 3.07. The van der Waals surface area contributed by atoms with Crippen molar-refractivity contribution in [2.45, 2.75) is 17.8 Å². The summed E-state index contributed by atoms with van der Waals surface area (Å²) >= 11 is 1.46. The normalized spacial score (nSPS) is 10.8. The van der Waals surface area contributed by atoms with Gasteiger partial charge < -0.3 is 16.0 Å². The second-order valence-corrected chi connectivity index (χ2v) is 5.86. The average molecular weight is 329 g/mol. The number of aromatic nitrogens is 3. The zero-order valence-electron chi connectivity index (χ0n) is 12.4. The standard InChI is InChI=1S/C15H15N5O2S/c1-9-12(6-7-22-9)14-18-19-15(20(14)17)23-8-10-2-4-11(5-3-10)13(16)21/h2-7H,8,17H2,1H3,(H2,16,21). The van der Waals surface area contributed by atoms with Crippen LogP contribution in [0.5, 0.6) is 0 Å². The van der Waals surface area contributed by atoms with Gasteiger partial charge in [0.25, 0.3) is 0 Å². The molecular formula is C15H15N5O2S. The Morgan fingerprint density at radius 1 is 1.26 bits per heavy atom. The maximum absolute atomic E-state index is 11.1. The maximum Gasteiger partial charge on any atom is 0.248 e. The van der Waals surface area contributed by atoms with Crippen molar-refractivity contribution in [1.82, 2.24) is 14.9 Å². The zero-order valence-corrected chi connectivity index (χ0v) is 13.2. The molecular weight excluding hydrogens is 314 g/mol. The monoisotopic (exact) mass is 329 g/mol. The predicted molar refractivity (Wildman–Crippen MR) is 87.1 cm³/mol. The van der Waals surface area contributed by atoms with Gasteiger partial charge in [-0.05, 0) is 30.7 Å². The van der Waals surface area contributed by atoms with Crippen molar-refractivity contribution in [3.63, 3.8) is 0 Å². The van der Waals surface area contributed by atoms with Gasteiger partial charge in [0.2, 0.25) is 11.1 Å². The molecule has 23 heavy (non-hydrogen) atoms. The van der Waals surface area contributed by atoms with E-state index in [1.165, 1.54) is 16.4 Å². The van der Waals surface area contributed by atoms with Crippen molar-refractivity contribution >= 4 is 17.7 Å². The van der Waals surface area contributed by atoms with Crippen molar-refractivity contribution in [2.24, 2.45) is 5.73 Å². The molecule has 0 bridgehead atoms. The fraction of sp³-hybridized carbons (Fsp3) is 0.133. The van der Waals surface area contributed by atoms with Gasteiger partial charge in [-0.2, -0.15) is 0 Å². The lowest BCUT2D eigenvalue weighted by Gasteiger charge is -2.04. The first-order chi connectivity index (χ1) is 11.1. The number of carbonyl (C=O) groups excluding carboxylic acids is 1. The van der Waals surface area contributed by atoms with Crippen molar-refractivity contribution in [2.75, 3.05) is 5.84 Å². The lowest BCUT2D eigenvalue weighted by molar-refractivity contribution is 0.100. The van der Waals surface area contributed by atoms with E-state index in [0.717, 1.165) is 16.9 Å². The Labute approximate surface area is 136 Å². The minimum Gasteiger partial charge on any atom is -0.469 e. The summed E-state index contributed by atoms with van der Waals surface area (Å²) in [5, 5.41) is 8.82. The lowest BCUT2D eigenvalue weighted by atomic mass is 10.1. The molecule has 0 spiro atoms. The molecule has 1 aromatic carbocycles. The fourth-order valence-electron chi connectivity index (χ4n) is 2.09. The Bertz CT molecular complexity index is 838. The van der Waals surface area contributed by atoms with Crippen LogP contribution in [-0.4, -0.2) is 20.8 Å². The van der Waals surface area contributed by atoms with Crippen LogP contribution in [0, 0.1) is 6.92 Å². The van der Waals surface area contributed by atoms with Crippen LogP contribution in [0.15, 0.2) is 46.2 Å². The number of rotatable bonds is 5. The van der Waals surface area contributed by atoms with Crippen LogP contribution in [0.4, 0.5) is 0 Å². The van der Waals surface area contributed by atoms with Gasteiger partial charge in [0, 0.05) is 11.3 Å². The number of thioether (sulfide) groups is 1. The molecule has 0 atom stereocenters. The Morgan fingerprint density at radius 2 is 2.00 bits per heavy atom. The topological polar surface area (TPSA) is 113 Å². The molecule has 0 aliphatic rings. The Balaban J connectivity index is 1.73. The van der Waals surface area contributed by atoms with Gasteiger partial charge in [0.15, 0.2) is 5.82 Å². The zero-order chi connectivity index (χ0) is 16.4. The van der Waals surface area contributed by atoms with Crippen molar-refractivity contribution < 1.29 is 9.21 Å². The quantitative estimate of drug-likeness (QED) is 0.546. The summed E-state index contributed by atoms with van der Waals surface area (Å²) < 4.78 is 6.71. The number of amides is 1. The van der Waals surface area contributed by atoms with Crippen LogP contribution in [0.2, 0.25) is 0 Å². The third-order valence-electron chi connectivity index (χ3n) is 3.37. The highest BCUT2D eigenvalue weighted by molar-refractivity contribution is 7.98. The molecule has 7 nitrogen and oxygen atoms in total. The molecule has 4 N–H and O–H groups in total. The number of aryl methyl sites for hydroxylation is 1. The van der Waals surface area contributed by atoms with Crippen LogP contribution >= 0.6 is 11.8 Å². The number of primary amides is 1. The second kappa shape index (κ2) is 6.17. The maximum atomic E-state index is 11.1. The van der Waals surface area contributed by atoms with Crippen LogP contribution in [0.3, 0.4) is 0 Å². The number of nitrogens with zero attached hydrogens (tertiary/aromatic N) is 3. The Hall–Kier alpha value is -2.74. The Kier molecular flexibility index (Phi) is 4.07. The Morgan fingerprint density at radius 3 is 2.61 bits per heavy atom. The molecule has 2 aromatic heterocycles. The van der Waals surface area contributed by atoms with E-state index in [9.17, 15) is 4.79 Å². The highest BCUT2D eigenvalue weighted by Gasteiger charge is 2.15. The van der Waals surface area contributed by atoms with E-state index in [4.69, 9.17) is 16.0 Å². The molecule has 0 saturated carbocycles. The van der Waals surface area contributed by atoms with E-state index in [-0.39, 0.29) is 0 Å². The van der Waals surface area contributed by atoms with Crippen molar-refractivity contribution in [3.8, 4) is 11.4 Å². The van der Waals surface area contributed by atoms with Gasteiger partial charge in [-0.3, -0.25) is 4.79 Å². The van der Waals surface area contributed by atoms with Crippen LogP contribution in [0.25, 0.3) is 11.4 Å². The van der Waals surface area contributed by atoms with E-state index in [1.807, 2.05) is 19.1 Å². The third-order valence-corrected chi connectivity index (χ3v) is 4.38. The van der Waals surface area contributed by atoms with Gasteiger partial charge in [0.05, 0.1) is 11.8 Å². The molecule has 0 radical (unpaired) electrons. The van der Waals surface area contributed by atoms with E-state index in [1.54, 1.807) is 24.5 Å². The molecule has 1 amide bonds. The van der Waals surface area contributed by atoms with E-state index < -0.39 is 5.91 Å². The van der Waals surface area contributed by atoms with E-state index in [2.05, 4.69) is 10.2 Å². The number of hydrogen-bond donors (Lipinski definition) is 2. The summed E-state index contributed by atoms with van der Waals surface area (Å²) in [5.41, 5.74) is 7.55. The summed E-state index contributed by atoms with van der Waals surface area (Å²) in [6.07, 6.45) is 1.59. The summed E-state index contributed by atoms with van der Waals surface area (Å²) in [6.45, 7) is 1.84. The summed E-state index contributed by atoms with van der Waals surface area (Å²) in [6, 6.07) is 8.91. The fourth-order valence-corrected chi connectivity index (χ4v) is 2.90. The van der Waals surface area contributed by atoms with Crippen LogP contribution in [-0.2, 0) is 5.75 Å². The lowest BCUT2D eigenvalue weighted by Crippen LogP contribution is -2.11. The molecule has 3 rings (SSSR count). The van der Waals surface area contributed by atoms with E-state index >= 15 is 0 Å². The molecule has 118 valence electrons. The molecule has 0 aliphatic heterocycles. The second-order valence-electron chi connectivity index (χ2n) is 4.92. The molecule has 0 aliphatic carbocycles. The number of furan rings is 1. The van der Waals surface area contributed by atoms with Gasteiger partial charge >= 0.3 is 0 Å². The number of nitrogens with two attached hydrogens (primary N) is 2. The van der Waals surface area contributed by atoms with Crippen molar-refractivity contribution in [3.05, 3.63) is 53.5 Å². The van der Waals surface area contributed by atoms with Gasteiger partial charge in [-0.1, -0.05) is 23.9 Å². The first-order valence-electron chi connectivity index (χ1n) is 6.82. The minimum atomic E-state index is -0.439. The van der Waals surface area contributed by atoms with Gasteiger partial charge in [-0.15, -0.1) is 10.2 Å². The molecule has 0 fully saturated rings. The molecule has 0 unspecified atom stereocenters. The number of hydrogen-bond acceptors (Lipinski definition) is 6.